The predicted molar refractivity (Wildman–Crippen MR) is 46.5 cm³/mol. The Kier molecular flexibility index (Phi) is 3.02. The molecule has 0 spiro atoms. The van der Waals surface area contributed by atoms with E-state index >= 15 is 0 Å². The van der Waals surface area contributed by atoms with Crippen LogP contribution in [-0.4, -0.2) is 0 Å². The van der Waals surface area contributed by atoms with Gasteiger partial charge in [-0.05, 0) is 13.8 Å². The number of benzene rings is 1. The maximum atomic E-state index is 13.1. The summed E-state index contributed by atoms with van der Waals surface area (Å²) in [7, 11) is 0. The minimum atomic E-state index is -1.56. The fourth-order valence-electron chi connectivity index (χ4n) is 0.985. The molecular formula is C10H8F4O. The summed E-state index contributed by atoms with van der Waals surface area (Å²) in [5, 5.41) is 0. The average Bonchev–Trinajstić information content (AvgIpc) is 2.18. The average molecular weight is 220 g/mol. The van der Waals surface area contributed by atoms with Gasteiger partial charge in [-0.25, -0.2) is 8.78 Å². The number of ether oxygens (including phenoxy) is 1. The van der Waals surface area contributed by atoms with E-state index in [1.54, 1.807) is 0 Å². The standard InChI is InChI=1S/C10H8F4O/c1-4(2)15-10-8(13)6(11)5(3)7(12)9(10)14/h1H2,2-3H3. The van der Waals surface area contributed by atoms with Gasteiger partial charge in [0.05, 0.1) is 5.76 Å². The number of allylic oxidation sites excluding steroid dienone is 1. The van der Waals surface area contributed by atoms with Crippen molar-refractivity contribution in [3.05, 3.63) is 41.2 Å². The van der Waals surface area contributed by atoms with E-state index in [0.29, 0.717) is 0 Å². The van der Waals surface area contributed by atoms with Crippen molar-refractivity contribution < 1.29 is 22.3 Å². The Bertz CT molecular complexity index is 397. The van der Waals surface area contributed by atoms with Crippen LogP contribution < -0.4 is 4.74 Å². The van der Waals surface area contributed by atoms with Crippen LogP contribution in [0, 0.1) is 30.2 Å². The van der Waals surface area contributed by atoms with Crippen molar-refractivity contribution >= 4 is 0 Å². The number of rotatable bonds is 2. The van der Waals surface area contributed by atoms with Gasteiger partial charge in [-0.1, -0.05) is 6.58 Å². The first-order chi connectivity index (χ1) is 6.86. The van der Waals surface area contributed by atoms with Gasteiger partial charge in [0.15, 0.2) is 11.6 Å². The van der Waals surface area contributed by atoms with E-state index in [2.05, 4.69) is 11.3 Å². The third-order valence-electron chi connectivity index (χ3n) is 1.72. The molecule has 0 radical (unpaired) electrons. The molecule has 0 unspecified atom stereocenters. The molecule has 0 atom stereocenters. The molecule has 0 aliphatic carbocycles. The first-order valence-electron chi connectivity index (χ1n) is 4.02. The van der Waals surface area contributed by atoms with E-state index < -0.39 is 34.6 Å². The first kappa shape index (κ1) is 11.6. The number of hydrogen-bond acceptors (Lipinski definition) is 1. The summed E-state index contributed by atoms with van der Waals surface area (Å²) >= 11 is 0. The molecule has 0 N–H and O–H groups in total. The second-order valence-electron chi connectivity index (χ2n) is 3.01. The molecule has 1 aromatic carbocycles. The van der Waals surface area contributed by atoms with Crippen molar-refractivity contribution in [2.45, 2.75) is 13.8 Å². The molecule has 5 heteroatoms. The molecule has 1 rings (SSSR count). The Morgan fingerprint density at radius 2 is 1.40 bits per heavy atom. The van der Waals surface area contributed by atoms with Crippen LogP contribution in [0.15, 0.2) is 12.3 Å². The normalized spacial score (nSPS) is 10.3. The molecular weight excluding hydrogens is 212 g/mol. The molecule has 1 aromatic rings. The van der Waals surface area contributed by atoms with Crippen molar-refractivity contribution in [1.82, 2.24) is 0 Å². The third-order valence-corrected chi connectivity index (χ3v) is 1.72. The third kappa shape index (κ3) is 1.95. The molecule has 0 aromatic heterocycles. The fraction of sp³-hybridized carbons (Fsp3) is 0.200. The first-order valence-corrected chi connectivity index (χ1v) is 4.02. The van der Waals surface area contributed by atoms with Crippen LogP contribution >= 0.6 is 0 Å². The quantitative estimate of drug-likeness (QED) is 0.421. The molecule has 0 bridgehead atoms. The van der Waals surface area contributed by atoms with E-state index in [-0.39, 0.29) is 5.76 Å². The predicted octanol–water partition coefficient (Wildman–Crippen LogP) is 3.46. The van der Waals surface area contributed by atoms with Crippen LogP contribution in [0.25, 0.3) is 0 Å². The van der Waals surface area contributed by atoms with Gasteiger partial charge in [0.25, 0.3) is 0 Å². The summed E-state index contributed by atoms with van der Waals surface area (Å²) < 4.78 is 56.7. The van der Waals surface area contributed by atoms with Gasteiger partial charge in [0.1, 0.15) is 0 Å². The van der Waals surface area contributed by atoms with Gasteiger partial charge in [-0.3, -0.25) is 0 Å². The fourth-order valence-corrected chi connectivity index (χ4v) is 0.985. The van der Waals surface area contributed by atoms with Gasteiger partial charge < -0.3 is 4.74 Å². The van der Waals surface area contributed by atoms with Crippen LogP contribution in [0.3, 0.4) is 0 Å². The molecule has 0 fully saturated rings. The van der Waals surface area contributed by atoms with Gasteiger partial charge in [0, 0.05) is 5.56 Å². The van der Waals surface area contributed by atoms with Crippen LogP contribution in [0.5, 0.6) is 5.75 Å². The molecule has 0 saturated heterocycles. The smallest absolute Gasteiger partial charge is 0.204 e. The monoisotopic (exact) mass is 220 g/mol. The summed E-state index contributed by atoms with van der Waals surface area (Å²) in [5.41, 5.74) is -0.723. The largest absolute Gasteiger partial charge is 0.456 e. The lowest BCUT2D eigenvalue weighted by molar-refractivity contribution is 0.340. The van der Waals surface area contributed by atoms with E-state index in [4.69, 9.17) is 0 Å². The van der Waals surface area contributed by atoms with Crippen LogP contribution in [0.4, 0.5) is 17.6 Å². The molecule has 0 heterocycles. The molecule has 0 aliphatic rings. The van der Waals surface area contributed by atoms with E-state index in [1.165, 1.54) is 6.92 Å². The lowest BCUT2D eigenvalue weighted by atomic mass is 10.2. The van der Waals surface area contributed by atoms with Gasteiger partial charge in [0.2, 0.25) is 17.4 Å². The Labute approximate surface area is 84.0 Å². The molecule has 0 saturated carbocycles. The second-order valence-corrected chi connectivity index (χ2v) is 3.01. The molecule has 0 amide bonds. The zero-order valence-corrected chi connectivity index (χ0v) is 8.13. The van der Waals surface area contributed by atoms with E-state index in [9.17, 15) is 17.6 Å². The van der Waals surface area contributed by atoms with Crippen LogP contribution in [0.1, 0.15) is 12.5 Å². The minimum absolute atomic E-state index is 0.0737. The molecule has 82 valence electrons. The van der Waals surface area contributed by atoms with E-state index in [0.717, 1.165) is 6.92 Å². The number of halogens is 4. The highest BCUT2D eigenvalue weighted by Gasteiger charge is 2.24. The van der Waals surface area contributed by atoms with Gasteiger partial charge >= 0.3 is 0 Å². The van der Waals surface area contributed by atoms with Gasteiger partial charge in [-0.2, -0.15) is 8.78 Å². The van der Waals surface area contributed by atoms with Crippen molar-refractivity contribution in [1.29, 1.82) is 0 Å². The highest BCUT2D eigenvalue weighted by Crippen LogP contribution is 2.30. The van der Waals surface area contributed by atoms with Crippen LogP contribution in [0.2, 0.25) is 0 Å². The lowest BCUT2D eigenvalue weighted by Crippen LogP contribution is -2.04. The zero-order chi connectivity index (χ0) is 11.7. The van der Waals surface area contributed by atoms with Crippen molar-refractivity contribution in [3.63, 3.8) is 0 Å². The topological polar surface area (TPSA) is 9.23 Å². The summed E-state index contributed by atoms with van der Waals surface area (Å²) in [6.45, 7) is 5.45. The van der Waals surface area contributed by atoms with Crippen molar-refractivity contribution in [2.24, 2.45) is 0 Å². The maximum Gasteiger partial charge on any atom is 0.204 e. The summed E-state index contributed by atoms with van der Waals surface area (Å²) in [6, 6.07) is 0. The second kappa shape index (κ2) is 3.92. The zero-order valence-electron chi connectivity index (χ0n) is 8.13. The maximum absolute atomic E-state index is 13.1. The molecule has 15 heavy (non-hydrogen) atoms. The summed E-state index contributed by atoms with van der Waals surface area (Å²) in [5.74, 6) is -7.24. The summed E-state index contributed by atoms with van der Waals surface area (Å²) in [6.07, 6.45) is 0. The minimum Gasteiger partial charge on any atom is -0.456 e. The van der Waals surface area contributed by atoms with E-state index in [1.807, 2.05) is 0 Å². The van der Waals surface area contributed by atoms with Crippen molar-refractivity contribution in [2.75, 3.05) is 0 Å². The Morgan fingerprint density at radius 3 is 1.73 bits per heavy atom. The Hall–Kier alpha value is -1.52. The Balaban J connectivity index is 3.45. The highest BCUT2D eigenvalue weighted by atomic mass is 19.2. The van der Waals surface area contributed by atoms with Crippen molar-refractivity contribution in [3.8, 4) is 5.75 Å². The SMILES string of the molecule is C=C(C)Oc1c(F)c(F)c(C)c(F)c1F. The van der Waals surface area contributed by atoms with Crippen LogP contribution in [-0.2, 0) is 0 Å². The summed E-state index contributed by atoms with van der Waals surface area (Å²) in [4.78, 5) is 0. The molecule has 1 nitrogen and oxygen atoms in total. The Morgan fingerprint density at radius 1 is 1.00 bits per heavy atom. The highest BCUT2D eigenvalue weighted by molar-refractivity contribution is 5.34. The van der Waals surface area contributed by atoms with Gasteiger partial charge in [-0.15, -0.1) is 0 Å². The number of hydrogen-bond donors (Lipinski definition) is 0. The molecule has 0 aliphatic heterocycles. The lowest BCUT2D eigenvalue weighted by Gasteiger charge is -2.10.